The van der Waals surface area contributed by atoms with Gasteiger partial charge in [0.2, 0.25) is 0 Å². The highest BCUT2D eigenvalue weighted by Gasteiger charge is 2.29. The highest BCUT2D eigenvalue weighted by atomic mass is 28.3. The maximum Gasteiger partial charge on any atom is 0.0724 e. The van der Waals surface area contributed by atoms with Gasteiger partial charge in [0.05, 0.1) is 8.07 Å². The zero-order valence-electron chi connectivity index (χ0n) is 17.6. The molecule has 0 bridgehead atoms. The van der Waals surface area contributed by atoms with Gasteiger partial charge in [0.15, 0.2) is 0 Å². The summed E-state index contributed by atoms with van der Waals surface area (Å²) in [6.07, 6.45) is 19.2. The fraction of sp³-hybridized carbons (Fsp3) is 0.826. The minimum absolute atomic E-state index is 0.868. The number of hydrogen-bond acceptors (Lipinski definition) is 0. The third-order valence-corrected chi connectivity index (χ3v) is 7.96. The zero-order chi connectivity index (χ0) is 18.0. The Morgan fingerprint density at radius 3 is 2.04 bits per heavy atom. The number of unbranched alkanes of at least 4 members (excludes halogenated alkanes) is 5. The molecule has 0 heterocycles. The van der Waals surface area contributed by atoms with Crippen LogP contribution < -0.4 is 0 Å². The van der Waals surface area contributed by atoms with E-state index in [0.29, 0.717) is 0 Å². The van der Waals surface area contributed by atoms with Crippen LogP contribution in [0.1, 0.15) is 97.8 Å². The molecule has 0 amide bonds. The van der Waals surface area contributed by atoms with E-state index in [2.05, 4.69) is 46.5 Å². The third kappa shape index (κ3) is 7.29. The molecular weight excluding hydrogens is 304 g/mol. The van der Waals surface area contributed by atoms with Gasteiger partial charge in [-0.05, 0) is 50.0 Å². The van der Waals surface area contributed by atoms with Crippen molar-refractivity contribution < 1.29 is 0 Å². The highest BCUT2D eigenvalue weighted by molar-refractivity contribution is 6.83. The van der Waals surface area contributed by atoms with E-state index in [0.717, 1.165) is 5.92 Å². The minimum Gasteiger partial charge on any atom is -0.0802 e. The molecule has 1 heteroatoms. The van der Waals surface area contributed by atoms with Gasteiger partial charge in [-0.2, -0.15) is 0 Å². The van der Waals surface area contributed by atoms with Gasteiger partial charge in [-0.3, -0.25) is 0 Å². The predicted octanol–water partition coefficient (Wildman–Crippen LogP) is 8.46. The minimum atomic E-state index is -1.17. The van der Waals surface area contributed by atoms with Gasteiger partial charge in [-0.1, -0.05) is 95.8 Å². The SMILES string of the molecule is CCCCCCC1CC([Si](C)(C)C)=CC(CCCC)=C1CCCC. The molecule has 0 nitrogen and oxygen atoms in total. The fourth-order valence-corrected chi connectivity index (χ4v) is 5.43. The third-order valence-electron chi connectivity index (χ3n) is 5.69. The lowest BCUT2D eigenvalue weighted by molar-refractivity contribution is 0.482. The van der Waals surface area contributed by atoms with Gasteiger partial charge < -0.3 is 0 Å². The van der Waals surface area contributed by atoms with Crippen molar-refractivity contribution in [2.45, 2.75) is 117 Å². The molecule has 0 saturated carbocycles. The molecule has 0 radical (unpaired) electrons. The van der Waals surface area contributed by atoms with Crippen LogP contribution in [-0.2, 0) is 0 Å². The molecule has 1 unspecified atom stereocenters. The summed E-state index contributed by atoms with van der Waals surface area (Å²) in [6, 6.07) is 0. The van der Waals surface area contributed by atoms with Crippen molar-refractivity contribution in [3.8, 4) is 0 Å². The van der Waals surface area contributed by atoms with Crippen molar-refractivity contribution in [3.63, 3.8) is 0 Å². The monoisotopic (exact) mass is 348 g/mol. The van der Waals surface area contributed by atoms with Crippen LogP contribution in [0.5, 0.6) is 0 Å². The Labute approximate surface area is 154 Å². The molecule has 0 aromatic carbocycles. The quantitative estimate of drug-likeness (QED) is 0.245. The Balaban J connectivity index is 2.99. The molecule has 0 spiro atoms. The largest absolute Gasteiger partial charge is 0.0802 e. The van der Waals surface area contributed by atoms with Gasteiger partial charge >= 0.3 is 0 Å². The van der Waals surface area contributed by atoms with Crippen LogP contribution in [0.3, 0.4) is 0 Å². The second kappa shape index (κ2) is 11.3. The second-order valence-corrected chi connectivity index (χ2v) is 14.1. The molecule has 0 N–H and O–H groups in total. The molecule has 140 valence electrons. The Morgan fingerprint density at radius 2 is 1.46 bits per heavy atom. The maximum atomic E-state index is 2.68. The van der Waals surface area contributed by atoms with Gasteiger partial charge in [0.25, 0.3) is 0 Å². The first-order valence-corrected chi connectivity index (χ1v) is 14.4. The molecule has 0 aliphatic heterocycles. The molecule has 1 rings (SSSR count). The van der Waals surface area contributed by atoms with E-state index in [1.54, 1.807) is 5.57 Å². The average Bonchev–Trinajstić information content (AvgIpc) is 2.54. The van der Waals surface area contributed by atoms with Crippen LogP contribution in [-0.4, -0.2) is 8.07 Å². The van der Waals surface area contributed by atoms with Crippen LogP contribution in [0, 0.1) is 5.92 Å². The lowest BCUT2D eigenvalue weighted by Crippen LogP contribution is -2.29. The summed E-state index contributed by atoms with van der Waals surface area (Å²) < 4.78 is 0. The summed E-state index contributed by atoms with van der Waals surface area (Å²) >= 11 is 0. The normalized spacial score (nSPS) is 18.9. The van der Waals surface area contributed by atoms with Crippen molar-refractivity contribution in [2.24, 2.45) is 5.92 Å². The lowest BCUT2D eigenvalue weighted by atomic mass is 9.79. The van der Waals surface area contributed by atoms with Crippen LogP contribution >= 0.6 is 0 Å². The van der Waals surface area contributed by atoms with Crippen molar-refractivity contribution in [1.82, 2.24) is 0 Å². The molecule has 0 fully saturated rings. The molecule has 0 aromatic rings. The van der Waals surface area contributed by atoms with Crippen molar-refractivity contribution in [1.29, 1.82) is 0 Å². The molecule has 1 atom stereocenters. The van der Waals surface area contributed by atoms with Crippen LogP contribution in [0.15, 0.2) is 22.4 Å². The Morgan fingerprint density at radius 1 is 0.833 bits per heavy atom. The zero-order valence-corrected chi connectivity index (χ0v) is 18.6. The van der Waals surface area contributed by atoms with Crippen molar-refractivity contribution in [3.05, 3.63) is 22.4 Å². The first-order chi connectivity index (χ1) is 11.4. The summed E-state index contributed by atoms with van der Waals surface area (Å²) in [4.78, 5) is 0. The van der Waals surface area contributed by atoms with E-state index in [1.807, 2.05) is 10.8 Å². The summed E-state index contributed by atoms with van der Waals surface area (Å²) in [5.74, 6) is 0.868. The van der Waals surface area contributed by atoms with Crippen molar-refractivity contribution in [2.75, 3.05) is 0 Å². The fourth-order valence-electron chi connectivity index (χ4n) is 3.96. The van der Waals surface area contributed by atoms with Gasteiger partial charge in [0.1, 0.15) is 0 Å². The van der Waals surface area contributed by atoms with Crippen LogP contribution in [0.4, 0.5) is 0 Å². The number of allylic oxidation sites excluding steroid dienone is 4. The first-order valence-electron chi connectivity index (χ1n) is 10.9. The van der Waals surface area contributed by atoms with Gasteiger partial charge in [-0.15, -0.1) is 0 Å². The van der Waals surface area contributed by atoms with E-state index in [-0.39, 0.29) is 0 Å². The molecule has 1 aliphatic carbocycles. The molecule has 24 heavy (non-hydrogen) atoms. The summed E-state index contributed by atoms with van der Waals surface area (Å²) in [5.41, 5.74) is 3.62. The Kier molecular flexibility index (Phi) is 10.3. The summed E-state index contributed by atoms with van der Waals surface area (Å²) in [5, 5.41) is 1.84. The smallest absolute Gasteiger partial charge is 0.0724 e. The maximum absolute atomic E-state index is 2.68. The lowest BCUT2D eigenvalue weighted by Gasteiger charge is -2.34. The van der Waals surface area contributed by atoms with Crippen LogP contribution in [0.2, 0.25) is 19.6 Å². The molecular formula is C23H44Si. The van der Waals surface area contributed by atoms with E-state index in [1.165, 1.54) is 77.0 Å². The van der Waals surface area contributed by atoms with Gasteiger partial charge in [-0.25, -0.2) is 0 Å². The first kappa shape index (κ1) is 21.7. The Hall–Kier alpha value is -0.303. The molecule has 1 aliphatic rings. The summed E-state index contributed by atoms with van der Waals surface area (Å²) in [6.45, 7) is 14.6. The topological polar surface area (TPSA) is 0 Å². The standard InChI is InChI=1S/C23H44Si/c1-7-10-13-14-16-21-19-22(24(4,5)6)18-20(15-11-8-2)23(21)17-12-9-3/h18,21H,7-17,19H2,1-6H3. The number of rotatable bonds is 12. The van der Waals surface area contributed by atoms with Crippen molar-refractivity contribution >= 4 is 8.07 Å². The molecule has 0 aromatic heterocycles. The predicted molar refractivity (Wildman–Crippen MR) is 114 cm³/mol. The van der Waals surface area contributed by atoms with E-state index in [4.69, 9.17) is 0 Å². The molecule has 0 saturated heterocycles. The summed E-state index contributed by atoms with van der Waals surface area (Å²) in [7, 11) is -1.17. The van der Waals surface area contributed by atoms with E-state index < -0.39 is 8.07 Å². The highest BCUT2D eigenvalue weighted by Crippen LogP contribution is 2.40. The average molecular weight is 349 g/mol. The Bertz CT molecular complexity index is 408. The van der Waals surface area contributed by atoms with Gasteiger partial charge in [0, 0.05) is 0 Å². The van der Waals surface area contributed by atoms with E-state index in [9.17, 15) is 0 Å². The number of hydrogen-bond donors (Lipinski definition) is 0. The van der Waals surface area contributed by atoms with E-state index >= 15 is 0 Å². The van der Waals surface area contributed by atoms with Crippen LogP contribution in [0.25, 0.3) is 0 Å². The second-order valence-electron chi connectivity index (χ2n) is 8.93.